The molecule has 0 aliphatic heterocycles. The molecule has 0 N–H and O–H groups in total. The summed E-state index contributed by atoms with van der Waals surface area (Å²) in [4.78, 5) is 11.5. The van der Waals surface area contributed by atoms with E-state index in [1.807, 2.05) is 19.6 Å². The first kappa shape index (κ1) is 10.9. The van der Waals surface area contributed by atoms with Crippen LogP contribution >= 0.6 is 0 Å². The van der Waals surface area contributed by atoms with Gasteiger partial charge in [-0.05, 0) is 31.8 Å². The minimum absolute atomic E-state index is 0.00919. The summed E-state index contributed by atoms with van der Waals surface area (Å²) in [6.07, 6.45) is 0. The van der Waals surface area contributed by atoms with E-state index in [1.54, 1.807) is 12.1 Å². The van der Waals surface area contributed by atoms with Crippen LogP contribution in [0, 0.1) is 5.82 Å². The number of halogens is 1. The van der Waals surface area contributed by atoms with Gasteiger partial charge in [0.1, 0.15) is 5.82 Å². The van der Waals surface area contributed by atoms with Crippen molar-refractivity contribution >= 4 is 14.3 Å². The third kappa shape index (κ3) is 2.96. The summed E-state index contributed by atoms with van der Waals surface area (Å²) >= 11 is 0. The molecule has 0 amide bonds. The fourth-order valence-corrected chi connectivity index (χ4v) is 1.63. The van der Waals surface area contributed by atoms with Gasteiger partial charge >= 0.3 is 5.97 Å². The van der Waals surface area contributed by atoms with Crippen LogP contribution in [0.5, 0.6) is 0 Å². The molecule has 0 saturated carbocycles. The van der Waals surface area contributed by atoms with E-state index in [9.17, 15) is 9.18 Å². The first-order valence-corrected chi connectivity index (χ1v) is 7.79. The number of hydrogen-bond acceptors (Lipinski definition) is 2. The second kappa shape index (κ2) is 3.92. The van der Waals surface area contributed by atoms with E-state index in [2.05, 4.69) is 0 Å². The number of carbonyl (C=O) groups excluding carboxylic acids is 1. The number of carbonyl (C=O) groups is 1. The van der Waals surface area contributed by atoms with Crippen LogP contribution in [-0.2, 0) is 4.43 Å². The van der Waals surface area contributed by atoms with Crippen molar-refractivity contribution in [3.63, 3.8) is 0 Å². The molecular weight excluding hydrogens is 199 g/mol. The van der Waals surface area contributed by atoms with Gasteiger partial charge in [-0.1, -0.05) is 12.1 Å². The Balaban J connectivity index is 2.86. The topological polar surface area (TPSA) is 26.3 Å². The normalized spacial score (nSPS) is 11.1. The number of hydrogen-bond donors (Lipinski definition) is 0. The van der Waals surface area contributed by atoms with E-state index in [0.717, 1.165) is 0 Å². The summed E-state index contributed by atoms with van der Waals surface area (Å²) in [5, 5.41) is 0. The molecule has 0 aliphatic carbocycles. The van der Waals surface area contributed by atoms with E-state index < -0.39 is 20.1 Å². The first-order valence-electron chi connectivity index (χ1n) is 4.38. The van der Waals surface area contributed by atoms with Gasteiger partial charge in [-0.2, -0.15) is 0 Å². The van der Waals surface area contributed by atoms with E-state index >= 15 is 0 Å². The largest absolute Gasteiger partial charge is 0.516 e. The molecule has 0 saturated heterocycles. The van der Waals surface area contributed by atoms with Crippen molar-refractivity contribution in [2.24, 2.45) is 0 Å². The Hall–Kier alpha value is -1.16. The average Bonchev–Trinajstić information content (AvgIpc) is 2.01. The van der Waals surface area contributed by atoms with Crippen LogP contribution in [0.4, 0.5) is 4.39 Å². The van der Waals surface area contributed by atoms with Crippen LogP contribution in [0.15, 0.2) is 24.3 Å². The van der Waals surface area contributed by atoms with E-state index in [1.165, 1.54) is 12.1 Å². The zero-order chi connectivity index (χ0) is 10.8. The third-order valence-corrected chi connectivity index (χ3v) is 2.29. The monoisotopic (exact) mass is 212 g/mol. The molecule has 1 aromatic carbocycles. The van der Waals surface area contributed by atoms with Gasteiger partial charge in [-0.3, -0.25) is 0 Å². The predicted octanol–water partition coefficient (Wildman–Crippen LogP) is 2.82. The molecule has 14 heavy (non-hydrogen) atoms. The van der Waals surface area contributed by atoms with Gasteiger partial charge in [-0.25, -0.2) is 9.18 Å². The van der Waals surface area contributed by atoms with Crippen molar-refractivity contribution in [1.29, 1.82) is 0 Å². The fraction of sp³-hybridized carbons (Fsp3) is 0.300. The molecular formula is C10H13FO2Si. The lowest BCUT2D eigenvalue weighted by atomic mass is 10.2. The van der Waals surface area contributed by atoms with Crippen molar-refractivity contribution in [2.75, 3.05) is 0 Å². The highest BCUT2D eigenvalue weighted by molar-refractivity contribution is 6.71. The lowest BCUT2D eigenvalue weighted by Gasteiger charge is -2.17. The summed E-state index contributed by atoms with van der Waals surface area (Å²) < 4.78 is 18.3. The lowest BCUT2D eigenvalue weighted by molar-refractivity contribution is 0.0720. The van der Waals surface area contributed by atoms with E-state index in [0.29, 0.717) is 0 Å². The molecule has 0 atom stereocenters. The molecule has 0 heterocycles. The maximum absolute atomic E-state index is 13.1. The van der Waals surface area contributed by atoms with Gasteiger partial charge < -0.3 is 4.43 Å². The standard InChI is InChI=1S/C10H13FO2Si/c1-14(2,3)13-10(12)8-6-4-5-7-9(8)11/h4-7H,1-3H3. The van der Waals surface area contributed by atoms with E-state index in [-0.39, 0.29) is 5.56 Å². The van der Waals surface area contributed by atoms with Crippen molar-refractivity contribution in [3.05, 3.63) is 35.6 Å². The van der Waals surface area contributed by atoms with Gasteiger partial charge in [0.05, 0.1) is 5.56 Å². The van der Waals surface area contributed by atoms with Gasteiger partial charge in [0, 0.05) is 0 Å². The molecule has 4 heteroatoms. The molecule has 0 radical (unpaired) electrons. The van der Waals surface area contributed by atoms with Crippen LogP contribution in [0.2, 0.25) is 19.6 Å². The Morgan fingerprint density at radius 3 is 2.36 bits per heavy atom. The second-order valence-electron chi connectivity index (χ2n) is 3.98. The molecule has 0 aliphatic rings. The van der Waals surface area contributed by atoms with Gasteiger partial charge in [0.2, 0.25) is 8.32 Å². The summed E-state index contributed by atoms with van der Waals surface area (Å²) in [6.45, 7) is 5.64. The van der Waals surface area contributed by atoms with Gasteiger partial charge in [0.15, 0.2) is 0 Å². The molecule has 2 nitrogen and oxygen atoms in total. The fourth-order valence-electron chi connectivity index (χ4n) is 0.960. The zero-order valence-electron chi connectivity index (χ0n) is 8.50. The highest BCUT2D eigenvalue weighted by Gasteiger charge is 2.22. The quantitative estimate of drug-likeness (QED) is 0.705. The molecule has 0 bridgehead atoms. The van der Waals surface area contributed by atoms with Gasteiger partial charge in [0.25, 0.3) is 0 Å². The van der Waals surface area contributed by atoms with Crippen molar-refractivity contribution in [1.82, 2.24) is 0 Å². The minimum atomic E-state index is -1.94. The summed E-state index contributed by atoms with van der Waals surface area (Å²) in [6, 6.07) is 5.84. The Labute approximate surface area is 83.8 Å². The minimum Gasteiger partial charge on any atom is -0.516 e. The Bertz CT molecular complexity index is 344. The second-order valence-corrected chi connectivity index (χ2v) is 8.41. The zero-order valence-corrected chi connectivity index (χ0v) is 9.50. The number of rotatable bonds is 2. The molecule has 0 spiro atoms. The Morgan fingerprint density at radius 1 is 1.29 bits per heavy atom. The highest BCUT2D eigenvalue weighted by Crippen LogP contribution is 2.12. The molecule has 1 aromatic rings. The first-order chi connectivity index (χ1) is 6.40. The maximum atomic E-state index is 13.1. The van der Waals surface area contributed by atoms with Crippen LogP contribution in [0.3, 0.4) is 0 Å². The lowest BCUT2D eigenvalue weighted by Crippen LogP contribution is -2.29. The SMILES string of the molecule is C[Si](C)(C)OC(=O)c1ccccc1F. The Morgan fingerprint density at radius 2 is 1.86 bits per heavy atom. The van der Waals surface area contributed by atoms with Crippen LogP contribution in [0.1, 0.15) is 10.4 Å². The molecule has 76 valence electrons. The van der Waals surface area contributed by atoms with Crippen molar-refractivity contribution in [3.8, 4) is 0 Å². The highest BCUT2D eigenvalue weighted by atomic mass is 28.4. The van der Waals surface area contributed by atoms with E-state index in [4.69, 9.17) is 4.43 Å². The van der Waals surface area contributed by atoms with Gasteiger partial charge in [-0.15, -0.1) is 0 Å². The molecule has 0 aromatic heterocycles. The van der Waals surface area contributed by atoms with Crippen molar-refractivity contribution < 1.29 is 13.6 Å². The maximum Gasteiger partial charge on any atom is 0.327 e. The molecule has 0 fully saturated rings. The average molecular weight is 212 g/mol. The smallest absolute Gasteiger partial charge is 0.327 e. The summed E-state index contributed by atoms with van der Waals surface area (Å²) in [5.41, 5.74) is 0.00919. The van der Waals surface area contributed by atoms with Crippen LogP contribution in [0.25, 0.3) is 0 Å². The summed E-state index contributed by atoms with van der Waals surface area (Å²) in [7, 11) is -1.94. The Kier molecular flexibility index (Phi) is 3.05. The van der Waals surface area contributed by atoms with Crippen molar-refractivity contribution in [2.45, 2.75) is 19.6 Å². The summed E-state index contributed by atoms with van der Waals surface area (Å²) in [5.74, 6) is -1.10. The molecule has 1 rings (SSSR count). The number of benzene rings is 1. The van der Waals surface area contributed by atoms with Crippen LogP contribution in [-0.4, -0.2) is 14.3 Å². The predicted molar refractivity (Wildman–Crippen MR) is 55.2 cm³/mol. The van der Waals surface area contributed by atoms with Crippen LogP contribution < -0.4 is 0 Å². The third-order valence-electron chi connectivity index (χ3n) is 1.49. The molecule has 0 unspecified atom stereocenters.